The summed E-state index contributed by atoms with van der Waals surface area (Å²) in [6, 6.07) is 7.66. The van der Waals surface area contributed by atoms with E-state index in [1.54, 1.807) is 0 Å². The topological polar surface area (TPSA) is 77.0 Å². The molecule has 0 aliphatic heterocycles. The largest absolute Gasteiger partial charge is 0.494 e. The third-order valence-electron chi connectivity index (χ3n) is 3.77. The lowest BCUT2D eigenvalue weighted by molar-refractivity contribution is -0.115. The van der Waals surface area contributed by atoms with Crippen LogP contribution in [-0.4, -0.2) is 32.7 Å². The number of hydrogen-bond acceptors (Lipinski definition) is 7. The molecule has 6 nitrogen and oxygen atoms in total. The monoisotopic (exact) mass is 402 g/mol. The van der Waals surface area contributed by atoms with Gasteiger partial charge in [-0.05, 0) is 51.5 Å². The number of nitrogens with one attached hydrogen (secondary N) is 1. The number of ether oxygens (including phenoxy) is 1. The third-order valence-corrected chi connectivity index (χ3v) is 5.93. The fourth-order valence-electron chi connectivity index (χ4n) is 2.60. The lowest BCUT2D eigenvalue weighted by Crippen LogP contribution is -2.24. The fraction of sp³-hybridized carbons (Fsp3) is 0.368. The second-order valence-electron chi connectivity index (χ2n) is 6.02. The van der Waals surface area contributed by atoms with Gasteiger partial charge in [-0.15, -0.1) is 0 Å². The Labute approximate surface area is 166 Å². The Morgan fingerprint density at radius 3 is 2.59 bits per heavy atom. The SMILES string of the molecule is CCOc1ccc2nc(NC(=O)[C@@H](CC)Sc3nc(C)cc(C)n3)sc2c1. The Balaban J connectivity index is 1.73. The lowest BCUT2D eigenvalue weighted by atomic mass is 10.3. The van der Waals surface area contributed by atoms with Gasteiger partial charge in [0.05, 0.1) is 22.1 Å². The summed E-state index contributed by atoms with van der Waals surface area (Å²) in [5.41, 5.74) is 2.64. The molecule has 1 atom stereocenters. The molecule has 2 heterocycles. The van der Waals surface area contributed by atoms with Crippen LogP contribution in [0.3, 0.4) is 0 Å². The van der Waals surface area contributed by atoms with Crippen LogP contribution in [0.15, 0.2) is 29.4 Å². The maximum Gasteiger partial charge on any atom is 0.239 e. The number of thiazole rings is 1. The van der Waals surface area contributed by atoms with Crippen LogP contribution < -0.4 is 10.1 Å². The number of carbonyl (C=O) groups is 1. The zero-order valence-corrected chi connectivity index (χ0v) is 17.4. The fourth-order valence-corrected chi connectivity index (χ4v) is 4.47. The summed E-state index contributed by atoms with van der Waals surface area (Å²) in [7, 11) is 0. The number of hydrogen-bond donors (Lipinski definition) is 1. The number of aromatic nitrogens is 3. The summed E-state index contributed by atoms with van der Waals surface area (Å²) in [5, 5.41) is 3.87. The number of amides is 1. The predicted octanol–water partition coefficient (Wildman–Crippen LogP) is 4.61. The molecule has 27 heavy (non-hydrogen) atoms. The molecule has 0 saturated carbocycles. The maximum absolute atomic E-state index is 12.7. The number of benzene rings is 1. The van der Waals surface area contributed by atoms with Crippen LogP contribution in [0.25, 0.3) is 10.2 Å². The van der Waals surface area contributed by atoms with Gasteiger partial charge in [0.15, 0.2) is 10.3 Å². The number of fused-ring (bicyclic) bond motifs is 1. The van der Waals surface area contributed by atoms with Crippen molar-refractivity contribution in [1.82, 2.24) is 15.0 Å². The normalized spacial score (nSPS) is 12.1. The summed E-state index contributed by atoms with van der Waals surface area (Å²) < 4.78 is 6.50. The lowest BCUT2D eigenvalue weighted by Gasteiger charge is -2.13. The molecule has 2 aromatic heterocycles. The van der Waals surface area contributed by atoms with Crippen LogP contribution in [0.5, 0.6) is 5.75 Å². The molecule has 0 bridgehead atoms. The maximum atomic E-state index is 12.7. The molecule has 8 heteroatoms. The molecule has 142 valence electrons. The molecule has 1 aromatic carbocycles. The number of aryl methyl sites for hydroxylation is 2. The number of thioether (sulfide) groups is 1. The number of anilines is 1. The van der Waals surface area contributed by atoms with Crippen molar-refractivity contribution >= 4 is 44.4 Å². The van der Waals surface area contributed by atoms with Crippen LogP contribution >= 0.6 is 23.1 Å². The van der Waals surface area contributed by atoms with Crippen molar-refractivity contribution in [3.63, 3.8) is 0 Å². The highest BCUT2D eigenvalue weighted by Gasteiger charge is 2.21. The first-order valence-corrected chi connectivity index (χ1v) is 10.5. The van der Waals surface area contributed by atoms with Crippen molar-refractivity contribution < 1.29 is 9.53 Å². The van der Waals surface area contributed by atoms with Crippen molar-refractivity contribution in [3.8, 4) is 5.75 Å². The minimum Gasteiger partial charge on any atom is -0.494 e. The summed E-state index contributed by atoms with van der Waals surface area (Å²) in [5.74, 6) is 0.717. The van der Waals surface area contributed by atoms with Crippen molar-refractivity contribution in [1.29, 1.82) is 0 Å². The first-order valence-electron chi connectivity index (χ1n) is 8.81. The van der Waals surface area contributed by atoms with Crippen LogP contribution in [-0.2, 0) is 4.79 Å². The van der Waals surface area contributed by atoms with Gasteiger partial charge in [-0.2, -0.15) is 0 Å². The Hall–Kier alpha value is -2.19. The van der Waals surface area contributed by atoms with Gasteiger partial charge < -0.3 is 10.1 Å². The molecule has 0 aliphatic carbocycles. The summed E-state index contributed by atoms with van der Waals surface area (Å²) in [6.45, 7) is 8.40. The Morgan fingerprint density at radius 2 is 1.93 bits per heavy atom. The van der Waals surface area contributed by atoms with E-state index in [-0.39, 0.29) is 11.2 Å². The second-order valence-corrected chi connectivity index (χ2v) is 8.22. The number of nitrogens with zero attached hydrogens (tertiary/aromatic N) is 3. The van der Waals surface area contributed by atoms with Gasteiger partial charge in [-0.1, -0.05) is 30.0 Å². The molecular weight excluding hydrogens is 380 g/mol. The van der Waals surface area contributed by atoms with Gasteiger partial charge in [0, 0.05) is 11.4 Å². The first-order chi connectivity index (χ1) is 13.0. The molecular formula is C19H22N4O2S2. The molecule has 0 unspecified atom stereocenters. The summed E-state index contributed by atoms with van der Waals surface area (Å²) >= 11 is 2.82. The van der Waals surface area contributed by atoms with E-state index in [1.165, 1.54) is 23.1 Å². The van der Waals surface area contributed by atoms with Gasteiger partial charge in [0.25, 0.3) is 0 Å². The Kier molecular flexibility index (Phi) is 6.28. The van der Waals surface area contributed by atoms with Gasteiger partial charge in [-0.3, -0.25) is 4.79 Å². The standard InChI is InChI=1S/C19H22N4O2S2/c1-5-15(26-18-20-11(3)9-12(4)21-18)17(24)23-19-22-14-8-7-13(25-6-2)10-16(14)27-19/h7-10,15H,5-6H2,1-4H3,(H,22,23,24)/t15-/m1/s1. The summed E-state index contributed by atoms with van der Waals surface area (Å²) in [6.07, 6.45) is 0.673. The van der Waals surface area contributed by atoms with E-state index in [2.05, 4.69) is 20.3 Å². The Bertz CT molecular complexity index is 938. The van der Waals surface area contributed by atoms with E-state index in [4.69, 9.17) is 4.74 Å². The van der Waals surface area contributed by atoms with E-state index >= 15 is 0 Å². The highest BCUT2D eigenvalue weighted by molar-refractivity contribution is 8.00. The van der Waals surface area contributed by atoms with Crippen molar-refractivity contribution in [3.05, 3.63) is 35.7 Å². The molecule has 3 rings (SSSR count). The Morgan fingerprint density at radius 1 is 1.19 bits per heavy atom. The van der Waals surface area contributed by atoms with Crippen LogP contribution in [0, 0.1) is 13.8 Å². The van der Waals surface area contributed by atoms with Crippen LogP contribution in [0.2, 0.25) is 0 Å². The van der Waals surface area contributed by atoms with Gasteiger partial charge in [-0.25, -0.2) is 15.0 Å². The molecule has 0 saturated heterocycles. The average Bonchev–Trinajstić information content (AvgIpc) is 3.00. The highest BCUT2D eigenvalue weighted by Crippen LogP contribution is 2.30. The smallest absolute Gasteiger partial charge is 0.239 e. The van der Waals surface area contributed by atoms with E-state index in [0.29, 0.717) is 23.3 Å². The molecule has 3 aromatic rings. The highest BCUT2D eigenvalue weighted by atomic mass is 32.2. The third kappa shape index (κ3) is 4.95. The first kappa shape index (κ1) is 19.6. The molecule has 0 fully saturated rings. The van der Waals surface area contributed by atoms with Crippen molar-refractivity contribution in [2.45, 2.75) is 44.5 Å². The van der Waals surface area contributed by atoms with E-state index in [0.717, 1.165) is 27.4 Å². The number of rotatable bonds is 7. The van der Waals surface area contributed by atoms with Crippen molar-refractivity contribution in [2.75, 3.05) is 11.9 Å². The van der Waals surface area contributed by atoms with Gasteiger partial charge in [0.1, 0.15) is 5.75 Å². The second kappa shape index (κ2) is 8.67. The van der Waals surface area contributed by atoms with Crippen molar-refractivity contribution in [2.24, 2.45) is 0 Å². The molecule has 0 spiro atoms. The molecule has 0 radical (unpaired) electrons. The van der Waals surface area contributed by atoms with E-state index < -0.39 is 0 Å². The zero-order chi connectivity index (χ0) is 19.4. The average molecular weight is 403 g/mol. The number of carbonyl (C=O) groups excluding carboxylic acids is 1. The van der Waals surface area contributed by atoms with Crippen LogP contribution in [0.1, 0.15) is 31.7 Å². The minimum atomic E-state index is -0.280. The van der Waals surface area contributed by atoms with Gasteiger partial charge in [0.2, 0.25) is 5.91 Å². The summed E-state index contributed by atoms with van der Waals surface area (Å²) in [4.78, 5) is 26.1. The molecule has 1 amide bonds. The molecule has 0 aliphatic rings. The quantitative estimate of drug-likeness (QED) is 0.459. The molecule has 1 N–H and O–H groups in total. The minimum absolute atomic E-state index is 0.0886. The van der Waals surface area contributed by atoms with E-state index in [1.807, 2.05) is 52.0 Å². The van der Waals surface area contributed by atoms with E-state index in [9.17, 15) is 4.79 Å². The zero-order valence-electron chi connectivity index (χ0n) is 15.8. The predicted molar refractivity (Wildman–Crippen MR) is 111 cm³/mol. The van der Waals surface area contributed by atoms with Gasteiger partial charge >= 0.3 is 0 Å². The van der Waals surface area contributed by atoms with Crippen LogP contribution in [0.4, 0.5) is 5.13 Å².